The number of hydrogen-bond acceptors (Lipinski definition) is 4. The average molecular weight is 279 g/mol. The zero-order valence-electron chi connectivity index (χ0n) is 13.0. The van der Waals surface area contributed by atoms with Crippen molar-refractivity contribution in [3.05, 3.63) is 18.0 Å². The minimum absolute atomic E-state index is 0.198. The summed E-state index contributed by atoms with van der Waals surface area (Å²) in [6.45, 7) is 8.27. The summed E-state index contributed by atoms with van der Waals surface area (Å²) < 4.78 is 1.85. The highest BCUT2D eigenvalue weighted by Gasteiger charge is 2.36. The van der Waals surface area contributed by atoms with Crippen LogP contribution in [0.5, 0.6) is 0 Å². The first-order chi connectivity index (χ1) is 9.53. The molecule has 20 heavy (non-hydrogen) atoms. The molecule has 0 unspecified atom stereocenters. The van der Waals surface area contributed by atoms with Crippen molar-refractivity contribution < 1.29 is 0 Å². The number of aromatic nitrogens is 2. The van der Waals surface area contributed by atoms with Crippen molar-refractivity contribution in [1.82, 2.24) is 14.7 Å². The largest absolute Gasteiger partial charge is 0.330 e. The molecular weight excluding hydrogens is 250 g/mol. The third-order valence-corrected chi connectivity index (χ3v) is 5.09. The van der Waals surface area contributed by atoms with Crippen molar-refractivity contribution in [2.24, 2.45) is 23.9 Å². The first-order valence-corrected chi connectivity index (χ1v) is 7.70. The van der Waals surface area contributed by atoms with Crippen LogP contribution >= 0.6 is 0 Å². The zero-order chi connectivity index (χ0) is 14.8. The quantitative estimate of drug-likeness (QED) is 0.812. The van der Waals surface area contributed by atoms with Gasteiger partial charge in [-0.05, 0) is 30.4 Å². The second-order valence-electron chi connectivity index (χ2n) is 6.32. The van der Waals surface area contributed by atoms with E-state index in [9.17, 15) is 0 Å². The third kappa shape index (κ3) is 3.05. The molecule has 0 radical (unpaired) electrons. The summed E-state index contributed by atoms with van der Waals surface area (Å²) in [5.41, 5.74) is 13.9. The van der Waals surface area contributed by atoms with Crippen LogP contribution in [0.4, 0.5) is 0 Å². The van der Waals surface area contributed by atoms with Crippen LogP contribution in [0.25, 0.3) is 0 Å². The molecule has 1 saturated heterocycles. The van der Waals surface area contributed by atoms with Gasteiger partial charge in [0.15, 0.2) is 0 Å². The monoisotopic (exact) mass is 279 g/mol. The van der Waals surface area contributed by atoms with E-state index >= 15 is 0 Å². The standard InChI is InChI=1S/C15H29N5/c1-4-15(5-2,10-16)11-20-8-13(14(17)9-20)12-6-18-19(3)7-12/h6-7,13-14H,4-5,8-11,16-17H2,1-3H3/t13-,14+/m0/s1. The Bertz CT molecular complexity index is 415. The Morgan fingerprint density at radius 3 is 2.55 bits per heavy atom. The fraction of sp³-hybridized carbons (Fsp3) is 0.800. The SMILES string of the molecule is CCC(CC)(CN)CN1C[C@@H](N)[C@H](c2cnn(C)c2)C1. The predicted molar refractivity (Wildman–Crippen MR) is 82.4 cm³/mol. The Morgan fingerprint density at radius 1 is 1.35 bits per heavy atom. The summed E-state index contributed by atoms with van der Waals surface area (Å²) in [6.07, 6.45) is 6.29. The molecule has 0 aliphatic carbocycles. The zero-order valence-corrected chi connectivity index (χ0v) is 13.0. The van der Waals surface area contributed by atoms with E-state index in [2.05, 4.69) is 30.0 Å². The molecule has 114 valence electrons. The number of aryl methyl sites for hydroxylation is 1. The van der Waals surface area contributed by atoms with E-state index in [1.807, 2.05) is 17.9 Å². The van der Waals surface area contributed by atoms with Gasteiger partial charge in [-0.2, -0.15) is 5.10 Å². The van der Waals surface area contributed by atoms with Gasteiger partial charge in [0, 0.05) is 44.8 Å². The van der Waals surface area contributed by atoms with E-state index in [1.54, 1.807) is 0 Å². The lowest BCUT2D eigenvalue weighted by atomic mass is 9.82. The van der Waals surface area contributed by atoms with Crippen LogP contribution in [0, 0.1) is 5.41 Å². The lowest BCUT2D eigenvalue weighted by molar-refractivity contribution is 0.164. The lowest BCUT2D eigenvalue weighted by Gasteiger charge is -2.34. The normalized spacial score (nSPS) is 24.4. The molecule has 1 aliphatic rings. The number of likely N-dealkylation sites (tertiary alicyclic amines) is 1. The smallest absolute Gasteiger partial charge is 0.0525 e. The second-order valence-corrected chi connectivity index (χ2v) is 6.32. The molecule has 1 aromatic heterocycles. The highest BCUT2D eigenvalue weighted by molar-refractivity contribution is 5.17. The summed E-state index contributed by atoms with van der Waals surface area (Å²) in [7, 11) is 1.95. The van der Waals surface area contributed by atoms with Crippen molar-refractivity contribution in [1.29, 1.82) is 0 Å². The van der Waals surface area contributed by atoms with E-state index < -0.39 is 0 Å². The maximum atomic E-state index is 6.34. The molecule has 0 saturated carbocycles. The van der Waals surface area contributed by atoms with Gasteiger partial charge < -0.3 is 16.4 Å². The molecule has 5 nitrogen and oxygen atoms in total. The highest BCUT2D eigenvalue weighted by Crippen LogP contribution is 2.31. The molecule has 0 bridgehead atoms. The molecule has 1 aromatic rings. The summed E-state index contributed by atoms with van der Waals surface area (Å²) in [5.74, 6) is 0.396. The summed E-state index contributed by atoms with van der Waals surface area (Å²) >= 11 is 0. The average Bonchev–Trinajstić information content (AvgIpc) is 3.02. The molecule has 0 aromatic carbocycles. The van der Waals surface area contributed by atoms with Gasteiger partial charge in [0.05, 0.1) is 6.20 Å². The minimum atomic E-state index is 0.198. The van der Waals surface area contributed by atoms with Gasteiger partial charge in [0.25, 0.3) is 0 Å². The number of hydrogen-bond donors (Lipinski definition) is 2. The maximum Gasteiger partial charge on any atom is 0.0525 e. The number of nitrogens with two attached hydrogens (primary N) is 2. The lowest BCUT2D eigenvalue weighted by Crippen LogP contribution is -2.41. The van der Waals surface area contributed by atoms with Gasteiger partial charge in [-0.1, -0.05) is 13.8 Å². The number of rotatable bonds is 6. The van der Waals surface area contributed by atoms with Gasteiger partial charge in [-0.3, -0.25) is 4.68 Å². The summed E-state index contributed by atoms with van der Waals surface area (Å²) in [6, 6.07) is 0.198. The fourth-order valence-corrected chi connectivity index (χ4v) is 3.33. The molecule has 5 heteroatoms. The van der Waals surface area contributed by atoms with E-state index in [0.717, 1.165) is 39.0 Å². The van der Waals surface area contributed by atoms with Crippen LogP contribution in [0.3, 0.4) is 0 Å². The predicted octanol–water partition coefficient (Wildman–Crippen LogP) is 0.912. The topological polar surface area (TPSA) is 73.1 Å². The van der Waals surface area contributed by atoms with Crippen LogP contribution in [0.15, 0.2) is 12.4 Å². The van der Waals surface area contributed by atoms with Crippen molar-refractivity contribution in [3.63, 3.8) is 0 Å². The van der Waals surface area contributed by atoms with Gasteiger partial charge in [-0.15, -0.1) is 0 Å². The molecule has 0 spiro atoms. The molecule has 0 amide bonds. The first kappa shape index (κ1) is 15.5. The number of nitrogens with zero attached hydrogens (tertiary/aromatic N) is 3. The maximum absolute atomic E-state index is 6.34. The first-order valence-electron chi connectivity index (χ1n) is 7.70. The Kier molecular flexibility index (Phi) is 4.83. The Balaban J connectivity index is 2.03. The molecule has 4 N–H and O–H groups in total. The van der Waals surface area contributed by atoms with Gasteiger partial charge >= 0.3 is 0 Å². The van der Waals surface area contributed by atoms with Crippen molar-refractivity contribution in [3.8, 4) is 0 Å². The van der Waals surface area contributed by atoms with E-state index in [4.69, 9.17) is 11.5 Å². The van der Waals surface area contributed by atoms with Crippen LogP contribution < -0.4 is 11.5 Å². The second kappa shape index (κ2) is 6.24. The van der Waals surface area contributed by atoms with Crippen LogP contribution in [-0.4, -0.2) is 46.9 Å². The van der Waals surface area contributed by atoms with Gasteiger partial charge in [0.2, 0.25) is 0 Å². The Labute approximate surface area is 122 Å². The summed E-state index contributed by atoms with van der Waals surface area (Å²) in [4.78, 5) is 2.49. The van der Waals surface area contributed by atoms with Crippen molar-refractivity contribution in [2.45, 2.75) is 38.6 Å². The molecule has 1 fully saturated rings. The van der Waals surface area contributed by atoms with E-state index in [0.29, 0.717) is 5.92 Å². The molecule has 2 rings (SSSR count). The fourth-order valence-electron chi connectivity index (χ4n) is 3.33. The highest BCUT2D eigenvalue weighted by atomic mass is 15.2. The Hall–Kier alpha value is -0.910. The Morgan fingerprint density at radius 2 is 2.05 bits per heavy atom. The third-order valence-electron chi connectivity index (χ3n) is 5.09. The summed E-state index contributed by atoms with van der Waals surface area (Å²) in [5, 5.41) is 4.27. The van der Waals surface area contributed by atoms with E-state index in [1.165, 1.54) is 5.56 Å². The molecule has 1 aliphatic heterocycles. The van der Waals surface area contributed by atoms with Crippen molar-refractivity contribution >= 4 is 0 Å². The van der Waals surface area contributed by atoms with E-state index in [-0.39, 0.29) is 11.5 Å². The molecule has 2 atom stereocenters. The van der Waals surface area contributed by atoms with Gasteiger partial charge in [-0.25, -0.2) is 0 Å². The van der Waals surface area contributed by atoms with Gasteiger partial charge in [0.1, 0.15) is 0 Å². The van der Waals surface area contributed by atoms with Crippen molar-refractivity contribution in [2.75, 3.05) is 26.2 Å². The minimum Gasteiger partial charge on any atom is -0.330 e. The van der Waals surface area contributed by atoms with Crippen LogP contribution in [0.2, 0.25) is 0 Å². The molecular formula is C15H29N5. The van der Waals surface area contributed by atoms with Crippen LogP contribution in [0.1, 0.15) is 38.2 Å². The van der Waals surface area contributed by atoms with Crippen LogP contribution in [-0.2, 0) is 7.05 Å². The molecule has 2 heterocycles.